The van der Waals surface area contributed by atoms with Crippen molar-refractivity contribution in [3.8, 4) is 5.88 Å². The van der Waals surface area contributed by atoms with E-state index in [1.54, 1.807) is 0 Å². The van der Waals surface area contributed by atoms with Gasteiger partial charge in [-0.1, -0.05) is 35.0 Å². The lowest BCUT2D eigenvalue weighted by molar-refractivity contribution is -0.140. The molecule has 0 amide bonds. The van der Waals surface area contributed by atoms with Crippen LogP contribution in [0.15, 0.2) is 52.8 Å². The first-order valence-electron chi connectivity index (χ1n) is 8.89. The van der Waals surface area contributed by atoms with E-state index in [-0.39, 0.29) is 34.9 Å². The standard InChI is InChI=1S/C20H16F3N5O2/c1-12-5-3-6-13(9-12)11-29-19-15(17-24-7-4-8-30-27-17)10-14-16(20(21,22)23)26-28(2)18(14)25-19/h3-10H,11H2,1-2H3. The molecule has 0 radical (unpaired) electrons. The lowest BCUT2D eigenvalue weighted by Crippen LogP contribution is -2.08. The number of benzene rings is 1. The Balaban J connectivity index is 1.83. The number of ether oxygens (including phenoxy) is 1. The molecule has 0 aliphatic carbocycles. The van der Waals surface area contributed by atoms with Gasteiger partial charge in [-0.3, -0.25) is 0 Å². The third-order valence-electron chi connectivity index (χ3n) is 4.31. The molecule has 0 N–H and O–H groups in total. The van der Waals surface area contributed by atoms with Crippen LogP contribution in [0.3, 0.4) is 0 Å². The normalized spacial score (nSPS) is 13.8. The summed E-state index contributed by atoms with van der Waals surface area (Å²) >= 11 is 0. The predicted octanol–water partition coefficient (Wildman–Crippen LogP) is 4.15. The van der Waals surface area contributed by atoms with Gasteiger partial charge in [0.25, 0.3) is 0 Å². The number of alkyl halides is 3. The Labute approximate surface area is 169 Å². The minimum Gasteiger partial charge on any atom is -0.472 e. The van der Waals surface area contributed by atoms with Crippen LogP contribution >= 0.6 is 0 Å². The van der Waals surface area contributed by atoms with Gasteiger partial charge in [0.1, 0.15) is 12.9 Å². The predicted molar refractivity (Wildman–Crippen MR) is 104 cm³/mol. The molecule has 0 spiro atoms. The number of pyridine rings is 1. The monoisotopic (exact) mass is 415 g/mol. The number of fused-ring (bicyclic) bond motifs is 1. The van der Waals surface area contributed by atoms with E-state index in [1.165, 1.54) is 31.7 Å². The highest BCUT2D eigenvalue weighted by atomic mass is 19.4. The van der Waals surface area contributed by atoms with Crippen molar-refractivity contribution in [3.63, 3.8) is 0 Å². The average molecular weight is 415 g/mol. The molecule has 3 aromatic rings. The molecule has 0 saturated heterocycles. The second-order valence-corrected chi connectivity index (χ2v) is 6.59. The molecule has 1 aliphatic heterocycles. The molecule has 154 valence electrons. The highest BCUT2D eigenvalue weighted by molar-refractivity contribution is 6.07. The Morgan fingerprint density at radius 3 is 2.80 bits per heavy atom. The Kier molecular flexibility index (Phi) is 4.98. The molecule has 0 atom stereocenters. The quantitative estimate of drug-likeness (QED) is 0.642. The summed E-state index contributed by atoms with van der Waals surface area (Å²) in [7, 11) is 1.39. The van der Waals surface area contributed by atoms with Crippen molar-refractivity contribution in [2.24, 2.45) is 17.2 Å². The van der Waals surface area contributed by atoms with E-state index >= 15 is 0 Å². The molecule has 0 unspecified atom stereocenters. The van der Waals surface area contributed by atoms with Crippen molar-refractivity contribution in [1.29, 1.82) is 0 Å². The van der Waals surface area contributed by atoms with Crippen LogP contribution < -0.4 is 4.74 Å². The summed E-state index contributed by atoms with van der Waals surface area (Å²) in [6, 6.07) is 8.94. The molecule has 0 saturated carbocycles. The van der Waals surface area contributed by atoms with Gasteiger partial charge in [-0.15, -0.1) is 0 Å². The Morgan fingerprint density at radius 2 is 2.03 bits per heavy atom. The first-order chi connectivity index (χ1) is 14.3. The first-order valence-corrected chi connectivity index (χ1v) is 8.89. The summed E-state index contributed by atoms with van der Waals surface area (Å²) in [5, 5.41) is 7.24. The van der Waals surface area contributed by atoms with E-state index in [0.29, 0.717) is 0 Å². The van der Waals surface area contributed by atoms with E-state index in [9.17, 15) is 13.2 Å². The number of aromatic nitrogens is 3. The van der Waals surface area contributed by atoms with Gasteiger partial charge in [0, 0.05) is 13.3 Å². The number of rotatable bonds is 4. The molecule has 2 aromatic heterocycles. The van der Waals surface area contributed by atoms with Crippen molar-refractivity contribution < 1.29 is 22.7 Å². The minimum atomic E-state index is -4.64. The topological polar surface area (TPSA) is 73.9 Å². The number of allylic oxidation sites excluding steroid dienone is 1. The summed E-state index contributed by atoms with van der Waals surface area (Å²) in [6.07, 6.45) is -0.439. The number of oxime groups is 1. The van der Waals surface area contributed by atoms with Crippen LogP contribution in [0.25, 0.3) is 11.0 Å². The van der Waals surface area contributed by atoms with Crippen LogP contribution in [-0.4, -0.2) is 26.8 Å². The maximum atomic E-state index is 13.4. The molecule has 1 aliphatic rings. The van der Waals surface area contributed by atoms with Crippen molar-refractivity contribution in [2.75, 3.05) is 0 Å². The minimum absolute atomic E-state index is 0.0302. The smallest absolute Gasteiger partial charge is 0.435 e. The maximum Gasteiger partial charge on any atom is 0.435 e. The summed E-state index contributed by atoms with van der Waals surface area (Å²) in [5.74, 6) is 0.104. The number of hydrogen-bond acceptors (Lipinski definition) is 6. The Morgan fingerprint density at radius 1 is 1.20 bits per heavy atom. The lowest BCUT2D eigenvalue weighted by atomic mass is 10.1. The van der Waals surface area contributed by atoms with Crippen molar-refractivity contribution >= 4 is 23.1 Å². The van der Waals surface area contributed by atoms with E-state index in [4.69, 9.17) is 9.57 Å². The highest BCUT2D eigenvalue weighted by Gasteiger charge is 2.37. The average Bonchev–Trinajstić information content (AvgIpc) is 2.87. The zero-order chi connectivity index (χ0) is 21.3. The molecule has 3 heterocycles. The first kappa shape index (κ1) is 19.6. The number of halogens is 3. The second kappa shape index (κ2) is 7.62. The van der Waals surface area contributed by atoms with Crippen LogP contribution in [-0.2, 0) is 24.7 Å². The fourth-order valence-corrected chi connectivity index (χ4v) is 3.00. The van der Waals surface area contributed by atoms with Crippen LogP contribution in [0.1, 0.15) is 22.4 Å². The molecule has 10 heteroatoms. The highest BCUT2D eigenvalue weighted by Crippen LogP contribution is 2.35. The summed E-state index contributed by atoms with van der Waals surface area (Å²) in [5.41, 5.74) is 1.08. The van der Waals surface area contributed by atoms with Gasteiger partial charge in [-0.2, -0.15) is 23.3 Å². The van der Waals surface area contributed by atoms with E-state index in [0.717, 1.165) is 15.8 Å². The molecular weight excluding hydrogens is 399 g/mol. The van der Waals surface area contributed by atoms with Crippen LogP contribution in [0, 0.1) is 6.92 Å². The van der Waals surface area contributed by atoms with Crippen LogP contribution in [0.4, 0.5) is 13.2 Å². The third-order valence-corrected chi connectivity index (χ3v) is 4.31. The van der Waals surface area contributed by atoms with Gasteiger partial charge in [0.2, 0.25) is 11.7 Å². The van der Waals surface area contributed by atoms with Crippen molar-refractivity contribution in [3.05, 3.63) is 65.1 Å². The number of nitrogens with zero attached hydrogens (tertiary/aromatic N) is 5. The van der Waals surface area contributed by atoms with Gasteiger partial charge in [0.05, 0.1) is 10.9 Å². The molecule has 0 bridgehead atoms. The number of aliphatic imine (C=N–C) groups is 1. The van der Waals surface area contributed by atoms with Crippen LogP contribution in [0.2, 0.25) is 0 Å². The second-order valence-electron chi connectivity index (χ2n) is 6.59. The van der Waals surface area contributed by atoms with Crippen molar-refractivity contribution in [2.45, 2.75) is 19.7 Å². The Bertz CT molecular complexity index is 1200. The largest absolute Gasteiger partial charge is 0.472 e. The van der Waals surface area contributed by atoms with Gasteiger partial charge in [-0.25, -0.2) is 9.67 Å². The summed E-state index contributed by atoms with van der Waals surface area (Å²) in [4.78, 5) is 13.4. The SMILES string of the molecule is Cc1cccc(COc2nc3c(cc2C2=NOC=CC=N2)c(C(F)(F)F)nn3C)c1. The molecule has 4 rings (SSSR count). The zero-order valence-corrected chi connectivity index (χ0v) is 16.0. The summed E-state index contributed by atoms with van der Waals surface area (Å²) in [6.45, 7) is 2.11. The molecular formula is C20H16F3N5O2. The third kappa shape index (κ3) is 3.88. The maximum absolute atomic E-state index is 13.4. The lowest BCUT2D eigenvalue weighted by Gasteiger charge is -2.11. The fraction of sp³-hybridized carbons (Fsp3) is 0.200. The van der Waals surface area contributed by atoms with Crippen molar-refractivity contribution in [1.82, 2.24) is 14.8 Å². The number of amidine groups is 1. The van der Waals surface area contributed by atoms with E-state index in [2.05, 4.69) is 20.2 Å². The molecule has 30 heavy (non-hydrogen) atoms. The molecule has 1 aromatic carbocycles. The van der Waals surface area contributed by atoms with Crippen LogP contribution in [0.5, 0.6) is 5.88 Å². The number of hydrogen-bond donors (Lipinski definition) is 0. The zero-order valence-electron chi connectivity index (χ0n) is 16.0. The molecule has 7 nitrogen and oxygen atoms in total. The Hall–Kier alpha value is -3.69. The number of aryl methyl sites for hydroxylation is 2. The molecule has 0 fully saturated rings. The van der Waals surface area contributed by atoms with Gasteiger partial charge < -0.3 is 9.57 Å². The summed E-state index contributed by atoms with van der Waals surface area (Å²) < 4.78 is 47.3. The van der Waals surface area contributed by atoms with Gasteiger partial charge >= 0.3 is 6.18 Å². The van der Waals surface area contributed by atoms with E-state index < -0.39 is 11.9 Å². The fourth-order valence-electron chi connectivity index (χ4n) is 3.00. The van der Waals surface area contributed by atoms with Gasteiger partial charge in [0.15, 0.2) is 11.3 Å². The van der Waals surface area contributed by atoms with E-state index in [1.807, 2.05) is 31.2 Å². The van der Waals surface area contributed by atoms with Gasteiger partial charge in [-0.05, 0) is 24.6 Å².